The average Bonchev–Trinajstić information content (AvgIpc) is 3.63. The van der Waals surface area contributed by atoms with Crippen molar-refractivity contribution in [1.82, 2.24) is 9.30 Å². The van der Waals surface area contributed by atoms with Gasteiger partial charge in [0.05, 0.1) is 39.5 Å². The molecule has 45 heavy (non-hydrogen) atoms. The third-order valence-electron chi connectivity index (χ3n) is 8.18. The number of hydrogen-bond acceptors (Lipinski definition) is 9. The van der Waals surface area contributed by atoms with Crippen molar-refractivity contribution in [3.63, 3.8) is 0 Å². The second-order valence-electron chi connectivity index (χ2n) is 10.9. The Labute approximate surface area is 283 Å². The van der Waals surface area contributed by atoms with Crippen LogP contribution in [0.15, 0.2) is 71.8 Å². The minimum atomic E-state index is -0.869. The number of hydrogen-bond donors (Lipinski definition) is 1. The first kappa shape index (κ1) is 32.6. The average molecular weight is 758 g/mol. The molecule has 6 rings (SSSR count). The zero-order valence-corrected chi connectivity index (χ0v) is 28.2. The lowest BCUT2D eigenvalue weighted by Crippen LogP contribution is -3.00. The first-order valence-electron chi connectivity index (χ1n) is 13.9. The Morgan fingerprint density at radius 3 is 2.49 bits per heavy atom. The monoisotopic (exact) mass is 757 g/mol. The molecule has 1 saturated heterocycles. The van der Waals surface area contributed by atoms with Crippen molar-refractivity contribution < 1.29 is 52.9 Å². The number of aliphatic hydroxyl groups excluding tert-OH is 1. The van der Waals surface area contributed by atoms with E-state index in [9.17, 15) is 24.8 Å². The summed E-state index contributed by atoms with van der Waals surface area (Å²) in [6.45, 7) is 4.04. The van der Waals surface area contributed by atoms with E-state index in [4.69, 9.17) is 10.00 Å². The molecule has 1 amide bonds. The number of carbonyl (C=O) groups is 2. The van der Waals surface area contributed by atoms with Crippen LogP contribution in [0.1, 0.15) is 35.4 Å². The number of amides is 1. The highest BCUT2D eigenvalue weighted by molar-refractivity contribution is 7.98. The summed E-state index contributed by atoms with van der Waals surface area (Å²) >= 11 is 3.12. The highest BCUT2D eigenvalue weighted by atomic mass is 127. The number of carbonyl (C=O) groups excluding carboxylic acids is 2. The quantitative estimate of drug-likeness (QED) is 0.0511. The molecule has 2 aromatic heterocycles. The molecule has 0 aliphatic carbocycles. The summed E-state index contributed by atoms with van der Waals surface area (Å²) in [5.74, 6) is -1.84. The number of fused-ring (bicyclic) bond motifs is 2. The zero-order valence-electron chi connectivity index (χ0n) is 24.4. The maximum atomic E-state index is 13.6. The summed E-state index contributed by atoms with van der Waals surface area (Å²) < 4.78 is 9.80. The van der Waals surface area contributed by atoms with Crippen LogP contribution >= 0.6 is 23.1 Å². The molecule has 0 spiro atoms. The van der Waals surface area contributed by atoms with Crippen molar-refractivity contribution in [3.8, 4) is 6.07 Å². The van der Waals surface area contributed by atoms with E-state index in [0.29, 0.717) is 23.2 Å². The van der Waals surface area contributed by atoms with Crippen LogP contribution in [-0.2, 0) is 27.5 Å². The van der Waals surface area contributed by atoms with Crippen LogP contribution < -0.4 is 28.5 Å². The van der Waals surface area contributed by atoms with Gasteiger partial charge in [-0.3, -0.25) is 14.9 Å². The number of nitriles is 1. The maximum Gasteiger partial charge on any atom is 0.355 e. The molecule has 4 atom stereocenters. The third kappa shape index (κ3) is 5.73. The second kappa shape index (κ2) is 12.9. The Kier molecular flexibility index (Phi) is 9.36. The number of halogens is 1. The van der Waals surface area contributed by atoms with Gasteiger partial charge in [0.2, 0.25) is 15.8 Å². The third-order valence-corrected chi connectivity index (χ3v) is 10.3. The van der Waals surface area contributed by atoms with E-state index in [2.05, 4.69) is 10.6 Å². The predicted octanol–water partition coefficient (Wildman–Crippen LogP) is 1.15. The molecule has 14 heteroatoms. The largest absolute Gasteiger partial charge is 1.00 e. The van der Waals surface area contributed by atoms with E-state index >= 15 is 0 Å². The van der Waals surface area contributed by atoms with Crippen molar-refractivity contribution in [3.05, 3.63) is 98.4 Å². The van der Waals surface area contributed by atoms with Crippen LogP contribution in [0.4, 0.5) is 5.69 Å². The first-order valence-corrected chi connectivity index (χ1v) is 15.9. The molecular weight excluding hydrogens is 729 g/mol. The van der Waals surface area contributed by atoms with Gasteiger partial charge in [0.1, 0.15) is 25.0 Å². The van der Waals surface area contributed by atoms with E-state index in [1.54, 1.807) is 30.8 Å². The van der Waals surface area contributed by atoms with Crippen LogP contribution in [-0.4, -0.2) is 49.6 Å². The van der Waals surface area contributed by atoms with Gasteiger partial charge < -0.3 is 38.7 Å². The van der Waals surface area contributed by atoms with Gasteiger partial charge >= 0.3 is 5.97 Å². The molecule has 1 N–H and O–H groups in total. The lowest BCUT2D eigenvalue weighted by atomic mass is 9.77. The van der Waals surface area contributed by atoms with Crippen LogP contribution in [0, 0.1) is 33.3 Å². The summed E-state index contributed by atoms with van der Waals surface area (Å²) in [6, 6.07) is 15.0. The molecule has 2 aliphatic rings. The van der Waals surface area contributed by atoms with Crippen LogP contribution in [0.3, 0.4) is 0 Å². The maximum absolute atomic E-state index is 13.6. The second-order valence-corrected chi connectivity index (χ2v) is 12.7. The predicted molar refractivity (Wildman–Crippen MR) is 162 cm³/mol. The number of esters is 1. The Bertz CT molecular complexity index is 1880. The summed E-state index contributed by atoms with van der Waals surface area (Å²) in [7, 11) is 0. The lowest BCUT2D eigenvalue weighted by Gasteiger charge is -2.46. The molecule has 2 aromatic carbocycles. The Morgan fingerprint density at radius 2 is 1.89 bits per heavy atom. The summed E-state index contributed by atoms with van der Waals surface area (Å²) in [6.07, 6.45) is 5.08. The molecule has 11 nitrogen and oxygen atoms in total. The topological polar surface area (TPSA) is 142 Å². The Balaban J connectivity index is 0.00000400. The van der Waals surface area contributed by atoms with Crippen molar-refractivity contribution in [1.29, 1.82) is 5.26 Å². The summed E-state index contributed by atoms with van der Waals surface area (Å²) in [5.41, 5.74) is 3.04. The number of ether oxygens (including phenoxy) is 1. The molecule has 232 valence electrons. The standard InChI is InChI=1S/C31H28N5O6S2.HI/c1-17-24(23-14-34-16-33(29(43-3)30(34)44-23)13-20-6-4-19(12-32)5-7-20)27(35-26(17)25(18(2)37)28(35)38)31(39)42-15-21-8-10-22(11-9-21)36(40)41;/h4-11,14,16-18,25-26,37H,13,15H2,1-3H3;1H/q+1;/p-1/t17-,18+,25+,26+;/m0./s1. The number of thiazole rings is 1. The highest BCUT2D eigenvalue weighted by Crippen LogP contribution is 2.52. The number of aliphatic hydroxyl groups is 1. The number of non-ortho nitro benzene ring substituents is 1. The van der Waals surface area contributed by atoms with Gasteiger partial charge in [-0.1, -0.05) is 42.2 Å². The number of aromatic nitrogens is 2. The number of rotatable bonds is 9. The molecule has 0 unspecified atom stereocenters. The highest BCUT2D eigenvalue weighted by Gasteiger charge is 2.60. The number of nitro groups is 1. The van der Waals surface area contributed by atoms with E-state index in [0.717, 1.165) is 20.3 Å². The van der Waals surface area contributed by atoms with Crippen LogP contribution in [0.5, 0.6) is 0 Å². The van der Waals surface area contributed by atoms with Gasteiger partial charge in [0.15, 0.2) is 0 Å². The van der Waals surface area contributed by atoms with Gasteiger partial charge in [0, 0.05) is 23.6 Å². The van der Waals surface area contributed by atoms with E-state index in [1.807, 2.05) is 42.2 Å². The molecule has 0 bridgehead atoms. The molecule has 0 radical (unpaired) electrons. The number of thioether (sulfide) groups is 1. The van der Waals surface area contributed by atoms with Crippen LogP contribution in [0.2, 0.25) is 0 Å². The number of imidazole rings is 1. The SMILES string of the molecule is CSc1c2sc(C3=C(C(=O)OCc4ccc([N+](=O)[O-])cc4)N4C(=O)[C@H]([C@@H](C)O)[C@H]4[C@H]3C)cn2c[n+]1Cc1ccc(C#N)cc1.[I-]. The number of benzene rings is 2. The van der Waals surface area contributed by atoms with Crippen molar-refractivity contribution in [2.24, 2.45) is 11.8 Å². The Morgan fingerprint density at radius 1 is 1.22 bits per heavy atom. The molecule has 4 heterocycles. The van der Waals surface area contributed by atoms with Gasteiger partial charge in [-0.25, -0.2) is 9.36 Å². The molecule has 1 fully saturated rings. The van der Waals surface area contributed by atoms with Gasteiger partial charge in [-0.15, -0.1) is 0 Å². The molecule has 0 saturated carbocycles. The van der Waals surface area contributed by atoms with E-state index < -0.39 is 22.9 Å². The summed E-state index contributed by atoms with van der Waals surface area (Å²) in [5, 5.41) is 31.5. The van der Waals surface area contributed by atoms with Crippen molar-refractivity contribution in [2.45, 2.75) is 44.2 Å². The summed E-state index contributed by atoms with van der Waals surface area (Å²) in [4.78, 5) is 40.6. The van der Waals surface area contributed by atoms with Crippen molar-refractivity contribution in [2.75, 3.05) is 6.26 Å². The molecule has 2 aliphatic heterocycles. The van der Waals surface area contributed by atoms with Gasteiger partial charge in [0.25, 0.3) is 12.0 Å². The minimum Gasteiger partial charge on any atom is -1.00 e. The Hall–Kier alpha value is -3.78. The number of nitro benzene ring substituents is 1. The number of β-lactam (4-membered cyclic amide) rings is 1. The fourth-order valence-corrected chi connectivity index (χ4v) is 8.25. The van der Waals surface area contributed by atoms with Crippen molar-refractivity contribution >= 4 is 51.1 Å². The smallest absolute Gasteiger partial charge is 0.355 e. The number of nitrogens with zero attached hydrogens (tertiary/aromatic N) is 5. The van der Waals surface area contributed by atoms with E-state index in [-0.39, 0.29) is 59.8 Å². The zero-order chi connectivity index (χ0) is 31.3. The van der Waals surface area contributed by atoms with Gasteiger partial charge in [-0.2, -0.15) is 9.66 Å². The van der Waals surface area contributed by atoms with Crippen LogP contribution in [0.25, 0.3) is 10.4 Å². The minimum absolute atomic E-state index is 0. The van der Waals surface area contributed by atoms with Gasteiger partial charge in [-0.05, 0) is 48.6 Å². The van der Waals surface area contributed by atoms with E-state index in [1.165, 1.54) is 40.5 Å². The first-order chi connectivity index (χ1) is 21.1. The lowest BCUT2D eigenvalue weighted by molar-refractivity contribution is -0.721. The molecular formula is C31H28IN5O6S2. The normalized spacial score (nSPS) is 19.5. The fourth-order valence-electron chi connectivity index (χ4n) is 6.07. The fraction of sp³-hybridized carbons (Fsp3) is 0.290. The molecule has 4 aromatic rings.